The maximum Gasteiger partial charge on any atom is 0.335 e. The van der Waals surface area contributed by atoms with Gasteiger partial charge in [0.1, 0.15) is 0 Å². The summed E-state index contributed by atoms with van der Waals surface area (Å²) in [6, 6.07) is 4.47. The van der Waals surface area contributed by atoms with E-state index in [1.165, 1.54) is 12.1 Å². The number of benzene rings is 1. The number of rotatable bonds is 4. The molecule has 0 fully saturated rings. The molecule has 6 heteroatoms. The second kappa shape index (κ2) is 5.49. The number of aromatic carboxylic acids is 1. The van der Waals surface area contributed by atoms with Crippen LogP contribution in [0.25, 0.3) is 0 Å². The molecule has 0 saturated heterocycles. The number of carboxylic acid groups (broad SMARTS) is 1. The van der Waals surface area contributed by atoms with Crippen LogP contribution in [0.3, 0.4) is 0 Å². The molecule has 0 unspecified atom stereocenters. The summed E-state index contributed by atoms with van der Waals surface area (Å²) in [5, 5.41) is 14.5. The van der Waals surface area contributed by atoms with Gasteiger partial charge in [0.2, 0.25) is 5.91 Å². The minimum atomic E-state index is -1.04. The zero-order chi connectivity index (χ0) is 13.9. The van der Waals surface area contributed by atoms with Crippen molar-refractivity contribution in [3.8, 4) is 0 Å². The van der Waals surface area contributed by atoms with Gasteiger partial charge in [-0.15, -0.1) is 0 Å². The number of hydrogen-bond acceptors (Lipinski definition) is 3. The Kier molecular flexibility index (Phi) is 4.48. The van der Waals surface area contributed by atoms with E-state index in [1.54, 1.807) is 27.0 Å². The molecule has 1 aromatic rings. The van der Waals surface area contributed by atoms with Gasteiger partial charge < -0.3 is 15.7 Å². The molecule has 0 spiro atoms. The minimum Gasteiger partial charge on any atom is -0.478 e. The monoisotopic (exact) mass is 314 g/mol. The summed E-state index contributed by atoms with van der Waals surface area (Å²) >= 11 is 3.27. The van der Waals surface area contributed by atoms with Crippen molar-refractivity contribution in [2.45, 2.75) is 19.4 Å². The Morgan fingerprint density at radius 3 is 2.44 bits per heavy atom. The molecule has 0 aliphatic carbocycles. The molecule has 0 bridgehead atoms. The lowest BCUT2D eigenvalue weighted by atomic mass is 10.0. The highest BCUT2D eigenvalue weighted by Crippen LogP contribution is 2.24. The van der Waals surface area contributed by atoms with Crippen molar-refractivity contribution in [1.82, 2.24) is 5.32 Å². The van der Waals surface area contributed by atoms with E-state index in [9.17, 15) is 9.59 Å². The van der Waals surface area contributed by atoms with Crippen molar-refractivity contribution in [1.29, 1.82) is 0 Å². The lowest BCUT2D eigenvalue weighted by Gasteiger charge is -2.23. The lowest BCUT2D eigenvalue weighted by molar-refractivity contribution is -0.121. The molecule has 1 rings (SSSR count). The molecule has 0 aromatic heterocycles. The molecule has 1 aromatic carbocycles. The number of hydrogen-bond donors (Lipinski definition) is 3. The van der Waals surface area contributed by atoms with Crippen LogP contribution < -0.4 is 10.6 Å². The van der Waals surface area contributed by atoms with E-state index in [1.807, 2.05) is 0 Å². The van der Waals surface area contributed by atoms with Gasteiger partial charge in [-0.05, 0) is 55.0 Å². The Morgan fingerprint density at radius 1 is 1.33 bits per heavy atom. The Morgan fingerprint density at radius 2 is 1.94 bits per heavy atom. The van der Waals surface area contributed by atoms with Crippen molar-refractivity contribution in [3.05, 3.63) is 28.2 Å². The molecule has 0 aliphatic heterocycles. The van der Waals surface area contributed by atoms with E-state index >= 15 is 0 Å². The fraction of sp³-hybridized carbons (Fsp3) is 0.333. The summed E-state index contributed by atoms with van der Waals surface area (Å²) in [7, 11) is 1.68. The zero-order valence-electron chi connectivity index (χ0n) is 10.4. The quantitative estimate of drug-likeness (QED) is 0.795. The summed E-state index contributed by atoms with van der Waals surface area (Å²) in [6.45, 7) is 3.47. The summed E-state index contributed by atoms with van der Waals surface area (Å²) in [5.41, 5.74) is -0.183. The fourth-order valence-corrected chi connectivity index (χ4v) is 1.49. The maximum atomic E-state index is 12.0. The average molecular weight is 315 g/mol. The van der Waals surface area contributed by atoms with E-state index in [0.717, 1.165) is 0 Å². The van der Waals surface area contributed by atoms with Crippen LogP contribution in [0.4, 0.5) is 5.69 Å². The van der Waals surface area contributed by atoms with Gasteiger partial charge in [-0.1, -0.05) is 0 Å². The minimum absolute atomic E-state index is 0.121. The van der Waals surface area contributed by atoms with E-state index in [4.69, 9.17) is 5.11 Å². The Balaban J connectivity index is 3.01. The predicted molar refractivity (Wildman–Crippen MR) is 72.9 cm³/mol. The zero-order valence-corrected chi connectivity index (χ0v) is 12.0. The van der Waals surface area contributed by atoms with Crippen LogP contribution in [0.15, 0.2) is 22.7 Å². The molecule has 1 amide bonds. The van der Waals surface area contributed by atoms with Crippen molar-refractivity contribution >= 4 is 33.5 Å². The first-order valence-corrected chi connectivity index (χ1v) is 6.10. The normalized spacial score (nSPS) is 11.1. The Bertz CT molecular complexity index is 486. The number of carboxylic acids is 1. The van der Waals surface area contributed by atoms with Crippen LogP contribution in [0.5, 0.6) is 0 Å². The molecule has 0 radical (unpaired) electrons. The number of nitrogens with one attached hydrogen (secondary N) is 2. The molecule has 5 nitrogen and oxygen atoms in total. The first-order chi connectivity index (χ1) is 8.27. The highest BCUT2D eigenvalue weighted by atomic mass is 79.9. The molecule has 0 atom stereocenters. The van der Waals surface area contributed by atoms with E-state index in [0.29, 0.717) is 10.2 Å². The Labute approximate surface area is 114 Å². The lowest BCUT2D eigenvalue weighted by Crippen LogP contribution is -2.47. The molecular formula is C12H15BrN2O3. The smallest absolute Gasteiger partial charge is 0.335 e. The number of likely N-dealkylation sites (N-methyl/N-ethyl adjacent to an activating group) is 1. The van der Waals surface area contributed by atoms with Crippen LogP contribution in [0.2, 0.25) is 0 Å². The highest BCUT2D eigenvalue weighted by molar-refractivity contribution is 9.10. The Hall–Kier alpha value is -1.40. The van der Waals surface area contributed by atoms with Crippen LogP contribution in [0, 0.1) is 0 Å². The average Bonchev–Trinajstić information content (AvgIpc) is 2.31. The molecule has 0 heterocycles. The number of anilines is 1. The first-order valence-electron chi connectivity index (χ1n) is 5.31. The molecule has 0 saturated carbocycles. The van der Waals surface area contributed by atoms with Gasteiger partial charge in [-0.2, -0.15) is 0 Å². The van der Waals surface area contributed by atoms with Crippen LogP contribution >= 0.6 is 15.9 Å². The van der Waals surface area contributed by atoms with Crippen LogP contribution in [-0.2, 0) is 4.79 Å². The summed E-state index contributed by atoms with van der Waals surface area (Å²) in [6.07, 6.45) is 0. The largest absolute Gasteiger partial charge is 0.478 e. The summed E-state index contributed by atoms with van der Waals surface area (Å²) in [4.78, 5) is 22.8. The third-order valence-corrected chi connectivity index (χ3v) is 3.35. The third kappa shape index (κ3) is 3.30. The molecule has 18 heavy (non-hydrogen) atoms. The SMILES string of the molecule is CNC(C)(C)C(=O)Nc1cc(C(=O)O)ccc1Br. The number of carbonyl (C=O) groups is 2. The van der Waals surface area contributed by atoms with E-state index in [2.05, 4.69) is 26.6 Å². The van der Waals surface area contributed by atoms with Gasteiger partial charge in [-0.25, -0.2) is 4.79 Å². The third-order valence-electron chi connectivity index (χ3n) is 2.65. The molecule has 3 N–H and O–H groups in total. The van der Waals surface area contributed by atoms with Gasteiger partial charge in [0.25, 0.3) is 0 Å². The van der Waals surface area contributed by atoms with Crippen molar-refractivity contribution < 1.29 is 14.7 Å². The van der Waals surface area contributed by atoms with Crippen LogP contribution in [0.1, 0.15) is 24.2 Å². The number of amides is 1. The molecule has 0 aliphatic rings. The standard InChI is InChI=1S/C12H15BrN2O3/c1-12(2,14-3)11(18)15-9-6-7(10(16)17)4-5-8(9)13/h4-6,14H,1-3H3,(H,15,18)(H,16,17). The predicted octanol–water partition coefficient (Wildman–Crippen LogP) is 2.08. The summed E-state index contributed by atoms with van der Waals surface area (Å²) < 4.78 is 0.632. The number of carbonyl (C=O) groups excluding carboxylic acids is 1. The number of halogens is 1. The van der Waals surface area contributed by atoms with Crippen molar-refractivity contribution in [3.63, 3.8) is 0 Å². The van der Waals surface area contributed by atoms with Crippen LogP contribution in [-0.4, -0.2) is 29.6 Å². The van der Waals surface area contributed by atoms with Crippen molar-refractivity contribution in [2.24, 2.45) is 0 Å². The van der Waals surface area contributed by atoms with Gasteiger partial charge in [0.05, 0.1) is 16.8 Å². The maximum absolute atomic E-state index is 12.0. The van der Waals surface area contributed by atoms with E-state index in [-0.39, 0.29) is 11.5 Å². The van der Waals surface area contributed by atoms with Gasteiger partial charge in [0, 0.05) is 4.47 Å². The second-order valence-corrected chi connectivity index (χ2v) is 5.18. The molecule has 98 valence electrons. The first kappa shape index (κ1) is 14.7. The fourth-order valence-electron chi connectivity index (χ4n) is 1.15. The summed E-state index contributed by atoms with van der Waals surface area (Å²) in [5.74, 6) is -1.28. The van der Waals surface area contributed by atoms with Gasteiger partial charge >= 0.3 is 5.97 Å². The van der Waals surface area contributed by atoms with E-state index < -0.39 is 11.5 Å². The molecular weight excluding hydrogens is 300 g/mol. The second-order valence-electron chi connectivity index (χ2n) is 4.33. The topological polar surface area (TPSA) is 78.4 Å². The van der Waals surface area contributed by atoms with Gasteiger partial charge in [-0.3, -0.25) is 4.79 Å². The highest BCUT2D eigenvalue weighted by Gasteiger charge is 2.25. The van der Waals surface area contributed by atoms with Crippen molar-refractivity contribution in [2.75, 3.05) is 12.4 Å². The van der Waals surface area contributed by atoms with Gasteiger partial charge in [0.15, 0.2) is 0 Å².